The molecular formula is C25H24N4O6. The van der Waals surface area contributed by atoms with Gasteiger partial charge in [0, 0.05) is 23.7 Å². The molecule has 6 rings (SSSR count). The van der Waals surface area contributed by atoms with Crippen molar-refractivity contribution in [1.29, 1.82) is 0 Å². The van der Waals surface area contributed by atoms with Gasteiger partial charge in [0.05, 0.1) is 18.4 Å². The lowest BCUT2D eigenvalue weighted by molar-refractivity contribution is -0.143. The monoisotopic (exact) mass is 476 g/mol. The van der Waals surface area contributed by atoms with Crippen molar-refractivity contribution < 1.29 is 28.7 Å². The van der Waals surface area contributed by atoms with E-state index < -0.39 is 47.0 Å². The minimum Gasteiger partial charge on any atom is -0.454 e. The molecule has 4 N–H and O–H groups in total. The lowest BCUT2D eigenvalue weighted by atomic mass is 9.76. The number of amides is 4. The summed E-state index contributed by atoms with van der Waals surface area (Å²) in [6.45, 7) is 2.11. The van der Waals surface area contributed by atoms with Crippen LogP contribution in [0.2, 0.25) is 0 Å². The zero-order chi connectivity index (χ0) is 24.5. The Morgan fingerprint density at radius 1 is 1.14 bits per heavy atom. The molecule has 2 aromatic rings. The number of imide groups is 1. The molecule has 4 atom stereocenters. The van der Waals surface area contributed by atoms with Gasteiger partial charge in [0.25, 0.3) is 0 Å². The Labute approximate surface area is 200 Å². The highest BCUT2D eigenvalue weighted by Gasteiger charge is 2.70. The molecular weight excluding hydrogens is 452 g/mol. The molecule has 0 aromatic heterocycles. The van der Waals surface area contributed by atoms with Crippen LogP contribution in [0.25, 0.3) is 0 Å². The molecule has 0 saturated carbocycles. The standard InChI is InChI=1S/C25H24N4O6/c1-2-13-4-3-5-14-21(13)27-24(33)25(14)20-19(15(28-25)9-18(26)30)22(31)29(23(20)32)10-12-6-7-16-17(8-12)35-11-34-16/h3-8,15,19-20,28H,2,9-11H2,1H3,(H2,26,30)(H,27,33)/t15-,19-,20+,25+/m1/s1. The number of nitrogens with two attached hydrogens (primary N) is 1. The van der Waals surface area contributed by atoms with E-state index in [0.717, 1.165) is 5.56 Å². The number of fused-ring (bicyclic) bond motifs is 5. The molecule has 4 aliphatic heterocycles. The van der Waals surface area contributed by atoms with E-state index in [2.05, 4.69) is 10.6 Å². The molecule has 2 saturated heterocycles. The number of hydrogen-bond acceptors (Lipinski definition) is 7. The lowest BCUT2D eigenvalue weighted by Gasteiger charge is -2.29. The van der Waals surface area contributed by atoms with Crippen LogP contribution in [-0.4, -0.2) is 41.4 Å². The predicted octanol–water partition coefficient (Wildman–Crippen LogP) is 0.774. The average molecular weight is 476 g/mol. The number of aryl methyl sites for hydroxylation is 1. The van der Waals surface area contributed by atoms with E-state index in [-0.39, 0.29) is 19.8 Å². The number of para-hydroxylation sites is 1. The van der Waals surface area contributed by atoms with Crippen LogP contribution >= 0.6 is 0 Å². The molecule has 0 aliphatic carbocycles. The van der Waals surface area contributed by atoms with Crippen molar-refractivity contribution in [1.82, 2.24) is 10.2 Å². The molecule has 0 radical (unpaired) electrons. The van der Waals surface area contributed by atoms with E-state index in [1.807, 2.05) is 19.1 Å². The van der Waals surface area contributed by atoms with Crippen LogP contribution in [0.15, 0.2) is 36.4 Å². The van der Waals surface area contributed by atoms with Gasteiger partial charge in [-0.3, -0.25) is 29.4 Å². The van der Waals surface area contributed by atoms with Crippen molar-refractivity contribution in [2.24, 2.45) is 17.6 Å². The number of nitrogens with one attached hydrogen (secondary N) is 2. The van der Waals surface area contributed by atoms with Crippen molar-refractivity contribution >= 4 is 29.3 Å². The Hall–Kier alpha value is -3.92. The second kappa shape index (κ2) is 7.54. The van der Waals surface area contributed by atoms with Gasteiger partial charge in [0.15, 0.2) is 11.5 Å². The van der Waals surface area contributed by atoms with Crippen LogP contribution in [0.4, 0.5) is 5.69 Å². The topological polar surface area (TPSA) is 140 Å². The zero-order valence-corrected chi connectivity index (χ0v) is 19.0. The highest BCUT2D eigenvalue weighted by atomic mass is 16.7. The maximum Gasteiger partial charge on any atom is 0.250 e. The quantitative estimate of drug-likeness (QED) is 0.542. The second-order valence-corrected chi connectivity index (χ2v) is 9.33. The number of carbonyl (C=O) groups excluding carboxylic acids is 4. The SMILES string of the molecule is CCc1cccc2c1NC(=O)[C@]21N[C@H](CC(N)=O)[C@H]2C(=O)N(Cc3ccc4c(c3)OCO4)C(=O)[C@H]21. The third-order valence-corrected chi connectivity index (χ3v) is 7.51. The van der Waals surface area contributed by atoms with Gasteiger partial charge in [-0.2, -0.15) is 0 Å². The Bertz CT molecular complexity index is 1310. The van der Waals surface area contributed by atoms with Crippen molar-refractivity contribution in [2.45, 2.75) is 37.9 Å². The molecule has 4 amide bonds. The Balaban J connectivity index is 1.42. The van der Waals surface area contributed by atoms with Gasteiger partial charge in [-0.05, 0) is 29.7 Å². The largest absolute Gasteiger partial charge is 0.454 e. The number of primary amides is 1. The Kier molecular flexibility index (Phi) is 4.65. The highest BCUT2D eigenvalue weighted by molar-refractivity contribution is 6.15. The first-order valence-electron chi connectivity index (χ1n) is 11.6. The van der Waals surface area contributed by atoms with Gasteiger partial charge in [-0.25, -0.2) is 0 Å². The molecule has 2 fully saturated rings. The molecule has 4 aliphatic rings. The van der Waals surface area contributed by atoms with Gasteiger partial charge in [-0.1, -0.05) is 31.2 Å². The highest BCUT2D eigenvalue weighted by Crippen LogP contribution is 2.54. The minimum absolute atomic E-state index is 0.0180. The number of benzene rings is 2. The van der Waals surface area contributed by atoms with Crippen LogP contribution < -0.4 is 25.8 Å². The summed E-state index contributed by atoms with van der Waals surface area (Å²) in [4.78, 5) is 54.1. The first-order valence-corrected chi connectivity index (χ1v) is 11.6. The molecule has 0 bridgehead atoms. The van der Waals surface area contributed by atoms with Crippen LogP contribution in [0.3, 0.4) is 0 Å². The fourth-order valence-corrected chi connectivity index (χ4v) is 6.01. The fraction of sp³-hybridized carbons (Fsp3) is 0.360. The molecule has 10 heteroatoms. The molecule has 4 heterocycles. The van der Waals surface area contributed by atoms with Gasteiger partial charge >= 0.3 is 0 Å². The normalized spacial score (nSPS) is 28.0. The van der Waals surface area contributed by atoms with E-state index >= 15 is 0 Å². The van der Waals surface area contributed by atoms with Gasteiger partial charge < -0.3 is 20.5 Å². The van der Waals surface area contributed by atoms with Gasteiger partial charge in [0.1, 0.15) is 5.54 Å². The predicted molar refractivity (Wildman–Crippen MR) is 122 cm³/mol. The summed E-state index contributed by atoms with van der Waals surface area (Å²) in [6, 6.07) is 10.0. The number of anilines is 1. The maximum absolute atomic E-state index is 13.9. The van der Waals surface area contributed by atoms with Crippen LogP contribution in [0.5, 0.6) is 11.5 Å². The fourth-order valence-electron chi connectivity index (χ4n) is 6.01. The van der Waals surface area contributed by atoms with Crippen molar-refractivity contribution in [3.63, 3.8) is 0 Å². The summed E-state index contributed by atoms with van der Waals surface area (Å²) in [5.41, 5.74) is 6.93. The molecule has 10 nitrogen and oxygen atoms in total. The number of ether oxygens (including phenoxy) is 2. The summed E-state index contributed by atoms with van der Waals surface area (Å²) in [7, 11) is 0. The number of nitrogens with zero attached hydrogens (tertiary/aromatic N) is 1. The van der Waals surface area contributed by atoms with Crippen LogP contribution in [-0.2, 0) is 37.7 Å². The second-order valence-electron chi connectivity index (χ2n) is 9.33. The summed E-state index contributed by atoms with van der Waals surface area (Å²) in [5, 5.41) is 6.15. The minimum atomic E-state index is -1.46. The maximum atomic E-state index is 13.9. The van der Waals surface area contributed by atoms with E-state index in [1.165, 1.54) is 4.90 Å². The molecule has 2 aromatic carbocycles. The summed E-state index contributed by atoms with van der Waals surface area (Å²) >= 11 is 0. The van der Waals surface area contributed by atoms with E-state index in [9.17, 15) is 19.2 Å². The summed E-state index contributed by atoms with van der Waals surface area (Å²) < 4.78 is 10.8. The Morgan fingerprint density at radius 2 is 1.94 bits per heavy atom. The molecule has 0 unspecified atom stereocenters. The van der Waals surface area contributed by atoms with E-state index in [0.29, 0.717) is 34.7 Å². The van der Waals surface area contributed by atoms with Gasteiger partial charge in [0.2, 0.25) is 30.4 Å². The van der Waals surface area contributed by atoms with Crippen molar-refractivity contribution in [3.05, 3.63) is 53.1 Å². The molecule has 180 valence electrons. The van der Waals surface area contributed by atoms with E-state index in [1.54, 1.807) is 24.3 Å². The van der Waals surface area contributed by atoms with Crippen molar-refractivity contribution in [2.75, 3.05) is 12.1 Å². The van der Waals surface area contributed by atoms with Gasteiger partial charge in [-0.15, -0.1) is 0 Å². The number of likely N-dealkylation sites (tertiary alicyclic amines) is 1. The number of rotatable bonds is 5. The van der Waals surface area contributed by atoms with E-state index in [4.69, 9.17) is 15.2 Å². The summed E-state index contributed by atoms with van der Waals surface area (Å²) in [5.74, 6) is -2.66. The molecule has 1 spiro atoms. The van der Waals surface area contributed by atoms with Crippen LogP contribution in [0.1, 0.15) is 30.0 Å². The summed E-state index contributed by atoms with van der Waals surface area (Å²) in [6.07, 6.45) is 0.511. The zero-order valence-electron chi connectivity index (χ0n) is 19.0. The molecule has 35 heavy (non-hydrogen) atoms. The number of carbonyl (C=O) groups is 4. The average Bonchev–Trinajstić information content (AvgIpc) is 3.55. The van der Waals surface area contributed by atoms with Crippen molar-refractivity contribution in [3.8, 4) is 11.5 Å². The lowest BCUT2D eigenvalue weighted by Crippen LogP contribution is -2.53. The third-order valence-electron chi connectivity index (χ3n) is 7.51. The first-order chi connectivity index (χ1) is 16.8. The first kappa shape index (κ1) is 21.6. The Morgan fingerprint density at radius 3 is 2.71 bits per heavy atom. The third kappa shape index (κ3) is 2.92. The smallest absolute Gasteiger partial charge is 0.250 e. The number of hydrogen-bond donors (Lipinski definition) is 3. The van der Waals surface area contributed by atoms with Crippen LogP contribution in [0, 0.1) is 11.8 Å².